The first-order chi connectivity index (χ1) is 7.61. The van der Waals surface area contributed by atoms with Crippen LogP contribution in [0.2, 0.25) is 0 Å². The summed E-state index contributed by atoms with van der Waals surface area (Å²) in [4.78, 5) is 4.30. The van der Waals surface area contributed by atoms with Crippen molar-refractivity contribution in [3.05, 3.63) is 30.1 Å². The number of pyridine rings is 1. The second-order valence-electron chi connectivity index (χ2n) is 5.10. The molecule has 0 amide bonds. The van der Waals surface area contributed by atoms with Gasteiger partial charge in [-0.25, -0.2) is 0 Å². The smallest absolute Gasteiger partial charge is 0.0541 e. The molecule has 2 heteroatoms. The predicted octanol–water partition coefficient (Wildman–Crippen LogP) is 3.10. The Hall–Kier alpha value is -0.890. The van der Waals surface area contributed by atoms with Crippen LogP contribution in [0.25, 0.3) is 0 Å². The summed E-state index contributed by atoms with van der Waals surface area (Å²) in [5, 5.41) is 3.50. The highest BCUT2D eigenvalue weighted by atomic mass is 14.9. The Kier molecular flexibility index (Phi) is 5.47. The normalized spacial score (nSPS) is 11.7. The zero-order chi connectivity index (χ0) is 12.0. The Labute approximate surface area is 99.5 Å². The van der Waals surface area contributed by atoms with Gasteiger partial charge in [-0.2, -0.15) is 0 Å². The van der Waals surface area contributed by atoms with E-state index in [1.54, 1.807) is 0 Å². The van der Waals surface area contributed by atoms with Crippen LogP contribution in [0.15, 0.2) is 24.4 Å². The van der Waals surface area contributed by atoms with Gasteiger partial charge >= 0.3 is 0 Å². The second-order valence-corrected chi connectivity index (χ2v) is 5.10. The Balaban J connectivity index is 2.34. The first kappa shape index (κ1) is 13.2. The van der Waals surface area contributed by atoms with Crippen molar-refractivity contribution in [1.29, 1.82) is 0 Å². The molecule has 16 heavy (non-hydrogen) atoms. The molecule has 0 aliphatic carbocycles. The number of hydrogen-bond acceptors (Lipinski definition) is 2. The van der Waals surface area contributed by atoms with Crippen molar-refractivity contribution >= 4 is 0 Å². The molecule has 1 aromatic rings. The SMILES string of the molecule is CC(C)C(CNCc1ccccn1)C(C)C. The van der Waals surface area contributed by atoms with E-state index in [1.165, 1.54) is 0 Å². The van der Waals surface area contributed by atoms with Gasteiger partial charge in [0.1, 0.15) is 0 Å². The van der Waals surface area contributed by atoms with Crippen LogP contribution in [0, 0.1) is 17.8 Å². The quantitative estimate of drug-likeness (QED) is 0.797. The van der Waals surface area contributed by atoms with Crippen molar-refractivity contribution in [2.45, 2.75) is 34.2 Å². The third kappa shape index (κ3) is 4.31. The van der Waals surface area contributed by atoms with Gasteiger partial charge in [-0.05, 0) is 36.4 Å². The molecule has 0 aromatic carbocycles. The topological polar surface area (TPSA) is 24.9 Å². The Morgan fingerprint density at radius 2 is 1.81 bits per heavy atom. The fourth-order valence-electron chi connectivity index (χ4n) is 2.11. The monoisotopic (exact) mass is 220 g/mol. The summed E-state index contributed by atoms with van der Waals surface area (Å²) in [6.07, 6.45) is 1.85. The van der Waals surface area contributed by atoms with E-state index in [2.05, 4.69) is 44.1 Å². The van der Waals surface area contributed by atoms with E-state index in [1.807, 2.05) is 18.3 Å². The average molecular weight is 220 g/mol. The lowest BCUT2D eigenvalue weighted by Crippen LogP contribution is -2.29. The maximum absolute atomic E-state index is 4.30. The van der Waals surface area contributed by atoms with E-state index >= 15 is 0 Å². The number of aromatic nitrogens is 1. The van der Waals surface area contributed by atoms with Gasteiger partial charge in [0, 0.05) is 12.7 Å². The highest BCUT2D eigenvalue weighted by Crippen LogP contribution is 2.19. The summed E-state index contributed by atoms with van der Waals surface area (Å²) in [6, 6.07) is 6.05. The van der Waals surface area contributed by atoms with Gasteiger partial charge in [0.25, 0.3) is 0 Å². The first-order valence-electron chi connectivity index (χ1n) is 6.22. The van der Waals surface area contributed by atoms with Gasteiger partial charge in [-0.15, -0.1) is 0 Å². The molecule has 0 spiro atoms. The third-order valence-corrected chi connectivity index (χ3v) is 3.12. The van der Waals surface area contributed by atoms with Crippen molar-refractivity contribution in [2.75, 3.05) is 6.54 Å². The molecule has 90 valence electrons. The average Bonchev–Trinajstić information content (AvgIpc) is 2.24. The molecule has 0 atom stereocenters. The predicted molar refractivity (Wildman–Crippen MR) is 69.1 cm³/mol. The van der Waals surface area contributed by atoms with E-state index in [-0.39, 0.29) is 0 Å². The fourth-order valence-corrected chi connectivity index (χ4v) is 2.11. The molecule has 0 fully saturated rings. The maximum atomic E-state index is 4.30. The zero-order valence-electron chi connectivity index (χ0n) is 10.9. The van der Waals surface area contributed by atoms with Gasteiger partial charge < -0.3 is 5.32 Å². The number of hydrogen-bond donors (Lipinski definition) is 1. The minimum absolute atomic E-state index is 0.733. The molecule has 0 aliphatic heterocycles. The lowest BCUT2D eigenvalue weighted by Gasteiger charge is -2.25. The number of rotatable bonds is 6. The lowest BCUT2D eigenvalue weighted by atomic mass is 9.85. The summed E-state index contributed by atoms with van der Waals surface area (Å²) < 4.78 is 0. The van der Waals surface area contributed by atoms with Crippen LogP contribution in [0.3, 0.4) is 0 Å². The van der Waals surface area contributed by atoms with Crippen molar-refractivity contribution in [2.24, 2.45) is 17.8 Å². The molecule has 1 rings (SSSR count). The van der Waals surface area contributed by atoms with Crippen molar-refractivity contribution in [3.63, 3.8) is 0 Å². The molecule has 0 radical (unpaired) electrons. The van der Waals surface area contributed by atoms with Crippen LogP contribution in [0.1, 0.15) is 33.4 Å². The van der Waals surface area contributed by atoms with Crippen LogP contribution in [0.4, 0.5) is 0 Å². The maximum Gasteiger partial charge on any atom is 0.0541 e. The molecular formula is C14H24N2. The number of nitrogens with one attached hydrogen (secondary N) is 1. The van der Waals surface area contributed by atoms with Gasteiger partial charge in [0.05, 0.1) is 5.69 Å². The summed E-state index contributed by atoms with van der Waals surface area (Å²) in [6.45, 7) is 11.1. The van der Waals surface area contributed by atoms with Crippen LogP contribution in [-0.4, -0.2) is 11.5 Å². The Morgan fingerprint density at radius 3 is 2.31 bits per heavy atom. The van der Waals surface area contributed by atoms with Crippen molar-refractivity contribution < 1.29 is 0 Å². The Morgan fingerprint density at radius 1 is 1.12 bits per heavy atom. The van der Waals surface area contributed by atoms with Crippen LogP contribution >= 0.6 is 0 Å². The van der Waals surface area contributed by atoms with Gasteiger partial charge in [-0.3, -0.25) is 4.98 Å². The largest absolute Gasteiger partial charge is 0.311 e. The van der Waals surface area contributed by atoms with E-state index in [9.17, 15) is 0 Å². The third-order valence-electron chi connectivity index (χ3n) is 3.12. The van der Waals surface area contributed by atoms with E-state index in [0.29, 0.717) is 0 Å². The highest BCUT2D eigenvalue weighted by Gasteiger charge is 2.16. The second kappa shape index (κ2) is 6.64. The number of nitrogens with zero attached hydrogens (tertiary/aromatic N) is 1. The molecule has 1 aromatic heterocycles. The van der Waals surface area contributed by atoms with Crippen LogP contribution in [0.5, 0.6) is 0 Å². The highest BCUT2D eigenvalue weighted by molar-refractivity contribution is 5.02. The minimum Gasteiger partial charge on any atom is -0.311 e. The standard InChI is InChI=1S/C14H24N2/c1-11(2)14(12(3)4)10-15-9-13-7-5-6-8-16-13/h5-8,11-12,14-15H,9-10H2,1-4H3. The summed E-state index contributed by atoms with van der Waals surface area (Å²) in [5.41, 5.74) is 1.12. The van der Waals surface area contributed by atoms with E-state index in [0.717, 1.165) is 36.5 Å². The molecule has 1 heterocycles. The zero-order valence-corrected chi connectivity index (χ0v) is 10.9. The fraction of sp³-hybridized carbons (Fsp3) is 0.643. The molecule has 0 saturated heterocycles. The van der Waals surface area contributed by atoms with Gasteiger partial charge in [-0.1, -0.05) is 33.8 Å². The summed E-state index contributed by atoms with van der Waals surface area (Å²) >= 11 is 0. The molecule has 0 bridgehead atoms. The lowest BCUT2D eigenvalue weighted by molar-refractivity contribution is 0.275. The van der Waals surface area contributed by atoms with Crippen LogP contribution < -0.4 is 5.32 Å². The molecule has 1 N–H and O–H groups in total. The Bertz CT molecular complexity index is 272. The van der Waals surface area contributed by atoms with Crippen LogP contribution in [-0.2, 0) is 6.54 Å². The molecule has 0 unspecified atom stereocenters. The molecule has 0 saturated carbocycles. The summed E-state index contributed by atoms with van der Waals surface area (Å²) in [5.74, 6) is 2.20. The van der Waals surface area contributed by atoms with Gasteiger partial charge in [0.15, 0.2) is 0 Å². The van der Waals surface area contributed by atoms with E-state index < -0.39 is 0 Å². The van der Waals surface area contributed by atoms with Crippen molar-refractivity contribution in [3.8, 4) is 0 Å². The molecule has 0 aliphatic rings. The first-order valence-corrected chi connectivity index (χ1v) is 6.22. The summed E-state index contributed by atoms with van der Waals surface area (Å²) in [7, 11) is 0. The molecule has 2 nitrogen and oxygen atoms in total. The van der Waals surface area contributed by atoms with Crippen molar-refractivity contribution in [1.82, 2.24) is 10.3 Å². The minimum atomic E-state index is 0.733. The molecular weight excluding hydrogens is 196 g/mol. The van der Waals surface area contributed by atoms with Gasteiger partial charge in [0.2, 0.25) is 0 Å². The van der Waals surface area contributed by atoms with E-state index in [4.69, 9.17) is 0 Å².